The molecule has 1 aliphatic carbocycles. The van der Waals surface area contributed by atoms with Gasteiger partial charge in [0.2, 0.25) is 0 Å². The Hall–Kier alpha value is -1.09. The molecule has 3 heteroatoms. The lowest BCUT2D eigenvalue weighted by atomic mass is 10.2. The molecule has 0 radical (unpaired) electrons. The van der Waals surface area contributed by atoms with Crippen molar-refractivity contribution < 1.29 is 4.39 Å². The van der Waals surface area contributed by atoms with Crippen LogP contribution >= 0.6 is 0 Å². The number of benzene rings is 1. The maximum absolute atomic E-state index is 13.4. The number of rotatable bonds is 5. The van der Waals surface area contributed by atoms with Crippen molar-refractivity contribution in [3.63, 3.8) is 0 Å². The molecule has 1 aliphatic rings. The number of hydrogen-bond acceptors (Lipinski definition) is 2. The van der Waals surface area contributed by atoms with Crippen LogP contribution in [0.3, 0.4) is 0 Å². The van der Waals surface area contributed by atoms with Crippen LogP contribution in [0, 0.1) is 5.82 Å². The third-order valence-corrected chi connectivity index (χ3v) is 3.03. The van der Waals surface area contributed by atoms with Gasteiger partial charge in [-0.1, -0.05) is 0 Å². The van der Waals surface area contributed by atoms with Crippen molar-refractivity contribution in [2.24, 2.45) is 0 Å². The molecule has 0 saturated heterocycles. The molecule has 1 N–H and O–H groups in total. The van der Waals surface area contributed by atoms with E-state index in [4.69, 9.17) is 0 Å². The van der Waals surface area contributed by atoms with Crippen LogP contribution in [0.1, 0.15) is 25.3 Å². The fourth-order valence-electron chi connectivity index (χ4n) is 1.69. The minimum Gasteiger partial charge on any atom is -0.375 e. The molecule has 0 amide bonds. The standard InChI is InChI=1S/C13H19FN2/c1-3-16(2)13-7-10(6-11(14)8-13)9-15-12-4-5-12/h6-8,12,15H,3-5,9H2,1-2H3. The number of halogens is 1. The van der Waals surface area contributed by atoms with Crippen LogP contribution in [-0.4, -0.2) is 19.6 Å². The average Bonchev–Trinajstić information content (AvgIpc) is 3.08. The summed E-state index contributed by atoms with van der Waals surface area (Å²) < 4.78 is 13.4. The van der Waals surface area contributed by atoms with E-state index in [0.717, 1.165) is 24.3 Å². The van der Waals surface area contributed by atoms with Gasteiger partial charge in [0.25, 0.3) is 0 Å². The van der Waals surface area contributed by atoms with Crippen LogP contribution in [0.5, 0.6) is 0 Å². The summed E-state index contributed by atoms with van der Waals surface area (Å²) in [5.74, 6) is -0.148. The molecule has 2 nitrogen and oxygen atoms in total. The number of hydrogen-bond donors (Lipinski definition) is 1. The predicted octanol–water partition coefficient (Wildman–Crippen LogP) is 2.53. The summed E-state index contributed by atoms with van der Waals surface area (Å²) in [4.78, 5) is 2.05. The molecule has 1 fully saturated rings. The molecule has 0 spiro atoms. The van der Waals surface area contributed by atoms with Crippen LogP contribution in [0.2, 0.25) is 0 Å². The van der Waals surface area contributed by atoms with Crippen LogP contribution in [-0.2, 0) is 6.54 Å². The molecule has 0 aliphatic heterocycles. The van der Waals surface area contributed by atoms with Gasteiger partial charge in [-0.2, -0.15) is 0 Å². The minimum absolute atomic E-state index is 0.148. The molecule has 1 aromatic carbocycles. The van der Waals surface area contributed by atoms with Crippen LogP contribution in [0.4, 0.5) is 10.1 Å². The molecule has 0 unspecified atom stereocenters. The van der Waals surface area contributed by atoms with Gasteiger partial charge in [-0.25, -0.2) is 4.39 Å². The van der Waals surface area contributed by atoms with Gasteiger partial charge in [-0.3, -0.25) is 0 Å². The van der Waals surface area contributed by atoms with Crippen molar-refractivity contribution in [2.45, 2.75) is 32.4 Å². The highest BCUT2D eigenvalue weighted by Crippen LogP contribution is 2.21. The number of nitrogens with one attached hydrogen (secondary N) is 1. The summed E-state index contributed by atoms with van der Waals surface area (Å²) in [7, 11) is 1.98. The number of anilines is 1. The van der Waals surface area contributed by atoms with Crippen molar-refractivity contribution in [3.05, 3.63) is 29.6 Å². The molecule has 1 aromatic rings. The van der Waals surface area contributed by atoms with Crippen molar-refractivity contribution in [2.75, 3.05) is 18.5 Å². The highest BCUT2D eigenvalue weighted by molar-refractivity contribution is 5.48. The van der Waals surface area contributed by atoms with Gasteiger partial charge in [0.1, 0.15) is 5.82 Å². The van der Waals surface area contributed by atoms with Crippen LogP contribution < -0.4 is 10.2 Å². The summed E-state index contributed by atoms with van der Waals surface area (Å²) in [5.41, 5.74) is 1.98. The molecule has 88 valence electrons. The zero-order valence-electron chi connectivity index (χ0n) is 9.96. The zero-order chi connectivity index (χ0) is 11.5. The summed E-state index contributed by atoms with van der Waals surface area (Å²) >= 11 is 0. The molecular formula is C13H19FN2. The molecule has 2 rings (SSSR count). The SMILES string of the molecule is CCN(C)c1cc(F)cc(CNC2CC2)c1. The summed E-state index contributed by atoms with van der Waals surface area (Å²) in [6.45, 7) is 3.72. The molecule has 0 heterocycles. The molecule has 0 bridgehead atoms. The maximum Gasteiger partial charge on any atom is 0.125 e. The van der Waals surface area contributed by atoms with Gasteiger partial charge in [-0.15, -0.1) is 0 Å². The van der Waals surface area contributed by atoms with Gasteiger partial charge < -0.3 is 10.2 Å². The lowest BCUT2D eigenvalue weighted by Gasteiger charge is -2.18. The van der Waals surface area contributed by atoms with Gasteiger partial charge in [0.05, 0.1) is 0 Å². The van der Waals surface area contributed by atoms with Crippen molar-refractivity contribution in [3.8, 4) is 0 Å². The van der Waals surface area contributed by atoms with Crippen molar-refractivity contribution in [1.82, 2.24) is 5.32 Å². The quantitative estimate of drug-likeness (QED) is 0.823. The first-order valence-electron chi connectivity index (χ1n) is 5.93. The minimum atomic E-state index is -0.148. The third-order valence-electron chi connectivity index (χ3n) is 3.03. The van der Waals surface area contributed by atoms with Crippen LogP contribution in [0.25, 0.3) is 0 Å². The highest BCUT2D eigenvalue weighted by atomic mass is 19.1. The van der Waals surface area contributed by atoms with Crippen molar-refractivity contribution in [1.29, 1.82) is 0 Å². The van der Waals surface area contributed by atoms with E-state index in [1.165, 1.54) is 12.8 Å². The third kappa shape index (κ3) is 2.95. The van der Waals surface area contributed by atoms with E-state index in [-0.39, 0.29) is 5.82 Å². The Labute approximate surface area is 96.5 Å². The first-order valence-corrected chi connectivity index (χ1v) is 5.93. The highest BCUT2D eigenvalue weighted by Gasteiger charge is 2.20. The van der Waals surface area contributed by atoms with E-state index in [2.05, 4.69) is 18.3 Å². The lowest BCUT2D eigenvalue weighted by molar-refractivity contribution is 0.619. The monoisotopic (exact) mass is 222 g/mol. The van der Waals surface area contributed by atoms with E-state index in [0.29, 0.717) is 6.04 Å². The van der Waals surface area contributed by atoms with Gasteiger partial charge >= 0.3 is 0 Å². The van der Waals surface area contributed by atoms with Crippen molar-refractivity contribution >= 4 is 5.69 Å². The van der Waals surface area contributed by atoms with E-state index in [1.54, 1.807) is 12.1 Å². The maximum atomic E-state index is 13.4. The average molecular weight is 222 g/mol. The number of nitrogens with zero attached hydrogens (tertiary/aromatic N) is 1. The topological polar surface area (TPSA) is 15.3 Å². The van der Waals surface area contributed by atoms with Crippen LogP contribution in [0.15, 0.2) is 18.2 Å². The Bertz CT molecular complexity index is 361. The molecule has 1 saturated carbocycles. The fraction of sp³-hybridized carbons (Fsp3) is 0.538. The largest absolute Gasteiger partial charge is 0.375 e. The molecule has 0 aromatic heterocycles. The Morgan fingerprint density at radius 1 is 1.38 bits per heavy atom. The first kappa shape index (κ1) is 11.4. The van der Waals surface area contributed by atoms with Gasteiger partial charge in [-0.05, 0) is 43.5 Å². The van der Waals surface area contributed by atoms with Gasteiger partial charge in [0.15, 0.2) is 0 Å². The first-order chi connectivity index (χ1) is 7.69. The zero-order valence-corrected chi connectivity index (χ0v) is 9.96. The second-order valence-corrected chi connectivity index (χ2v) is 4.49. The molecular weight excluding hydrogens is 203 g/mol. The van der Waals surface area contributed by atoms with E-state index in [9.17, 15) is 4.39 Å². The summed E-state index contributed by atoms with van der Waals surface area (Å²) in [5, 5.41) is 3.40. The summed E-state index contributed by atoms with van der Waals surface area (Å²) in [6, 6.07) is 5.92. The second-order valence-electron chi connectivity index (χ2n) is 4.49. The van der Waals surface area contributed by atoms with Gasteiger partial charge in [0, 0.05) is 31.9 Å². The fourth-order valence-corrected chi connectivity index (χ4v) is 1.69. The van der Waals surface area contributed by atoms with E-state index >= 15 is 0 Å². The summed E-state index contributed by atoms with van der Waals surface area (Å²) in [6.07, 6.45) is 2.52. The molecule has 16 heavy (non-hydrogen) atoms. The lowest BCUT2D eigenvalue weighted by Crippen LogP contribution is -2.18. The second kappa shape index (κ2) is 4.83. The Balaban J connectivity index is 2.07. The molecule has 0 atom stereocenters. The Morgan fingerprint density at radius 2 is 2.12 bits per heavy atom. The normalized spacial score (nSPS) is 15.2. The smallest absolute Gasteiger partial charge is 0.125 e. The predicted molar refractivity (Wildman–Crippen MR) is 65.2 cm³/mol. The van der Waals surface area contributed by atoms with E-state index < -0.39 is 0 Å². The Kier molecular flexibility index (Phi) is 3.44. The Morgan fingerprint density at radius 3 is 2.75 bits per heavy atom. The van der Waals surface area contributed by atoms with E-state index in [1.807, 2.05) is 11.9 Å².